The summed E-state index contributed by atoms with van der Waals surface area (Å²) < 4.78 is 11.7. The number of hydrogen-bond acceptors (Lipinski definition) is 16. The van der Waals surface area contributed by atoms with Crippen LogP contribution in [0.2, 0.25) is 0 Å². The van der Waals surface area contributed by atoms with Gasteiger partial charge in [-0.3, -0.25) is 62.4 Å². The van der Waals surface area contributed by atoms with Gasteiger partial charge in [-0.25, -0.2) is 0 Å². The standard InChI is InChI=1S/C74H125N13O15/c1-19-20-29-87-45-63(91)81(15)60(42-53-27-23-21-24-28-53)72(98)83(17)59(41-50(8)9)68(94)77-64(51(10)11)73(99)84(18)57(39-48(4)5)67(93)75-54(71(97)86-30-25-22-26-31-86)43-61(89)79(13)44-62(90)80(14)56(38-47(2)3)66(92)76-55(46-102-37-34-85-32-35-101-36-33-85)70(96)82(16)58(40-49(6)7)69(95)78-65(52(12)88)74(87)100/h21,23-24,27-28,47-52,54-60,64-65,88H,19-20,22,25-26,29-46H2,1-18H3,(H,75,93)(H,76,92)(H,77,94)(H,78,95)/t52-,54+,55?,56+,57+,58+,59+,60+,64+,65+/m1/s1. The number of nitrogens with one attached hydrogen (secondary N) is 4. The number of amides is 12. The highest BCUT2D eigenvalue weighted by Crippen LogP contribution is 2.23. The summed E-state index contributed by atoms with van der Waals surface area (Å²) >= 11 is 0. The van der Waals surface area contributed by atoms with E-state index >= 15 is 33.6 Å². The minimum atomic E-state index is -1.67. The summed E-state index contributed by atoms with van der Waals surface area (Å²) in [4.78, 5) is 192. The lowest BCUT2D eigenvalue weighted by Gasteiger charge is -2.38. The number of piperidine rings is 1. The van der Waals surface area contributed by atoms with E-state index in [4.69, 9.17) is 9.47 Å². The molecule has 4 rings (SSSR count). The summed E-state index contributed by atoms with van der Waals surface area (Å²) in [6.45, 7) is 23.6. The van der Waals surface area contributed by atoms with Crippen LogP contribution >= 0.6 is 0 Å². The lowest BCUT2D eigenvalue weighted by atomic mass is 9.96. The van der Waals surface area contributed by atoms with E-state index in [-0.39, 0.29) is 75.5 Å². The zero-order chi connectivity index (χ0) is 76.4. The molecule has 0 radical (unpaired) electrons. The Balaban J connectivity index is 1.95. The molecule has 10 atom stereocenters. The number of nitrogens with zero attached hydrogens (tertiary/aromatic N) is 9. The third-order valence-electron chi connectivity index (χ3n) is 19.4. The first kappa shape index (κ1) is 87.1. The molecule has 102 heavy (non-hydrogen) atoms. The summed E-state index contributed by atoms with van der Waals surface area (Å²) in [6, 6.07) is -3.22. The molecule has 1 unspecified atom stereocenters. The van der Waals surface area contributed by atoms with Gasteiger partial charge in [0.2, 0.25) is 70.9 Å². The number of carbonyl (C=O) groups is 12. The number of aliphatic hydroxyl groups is 1. The monoisotopic (exact) mass is 1440 g/mol. The lowest BCUT2D eigenvalue weighted by molar-refractivity contribution is -0.151. The van der Waals surface area contributed by atoms with E-state index in [0.29, 0.717) is 77.2 Å². The SMILES string of the molecule is CCCCN1CC(=O)N(C)[C@@H](Cc2ccccc2)C(=O)N(C)[C@@H](CC(C)C)C(=O)N[C@@H](C(C)C)C(=O)N(C)[C@@H](CC(C)C)C(=O)N[C@H](C(=O)N2CCCCC2)CC(=O)N(C)CC(=O)N(C)[C@@H](CC(C)C)C(=O)NC(COCCN2CCOCC2)C(=O)N(C)[C@@H](CC(C)C)C(=O)N[C@@H]([C@@H](C)O)C1=O. The lowest BCUT2D eigenvalue weighted by Crippen LogP contribution is -2.62. The molecular formula is C74H125N13O15. The minimum absolute atomic E-state index is 0.0112. The molecule has 3 aliphatic rings. The molecule has 3 saturated heterocycles. The van der Waals surface area contributed by atoms with Crippen molar-refractivity contribution in [3.63, 3.8) is 0 Å². The van der Waals surface area contributed by atoms with Gasteiger partial charge in [0, 0.05) is 88.0 Å². The number of likely N-dealkylation sites (N-methyl/N-ethyl adjacent to an activating group) is 6. The largest absolute Gasteiger partial charge is 0.391 e. The zero-order valence-electron chi connectivity index (χ0n) is 64.5. The number of rotatable bonds is 21. The Morgan fingerprint density at radius 1 is 0.529 bits per heavy atom. The molecule has 0 aliphatic carbocycles. The minimum Gasteiger partial charge on any atom is -0.391 e. The van der Waals surface area contributed by atoms with E-state index in [1.807, 2.05) is 62.3 Å². The molecule has 0 bridgehead atoms. The van der Waals surface area contributed by atoms with Crippen molar-refractivity contribution >= 4 is 70.9 Å². The van der Waals surface area contributed by atoms with Crippen LogP contribution in [0.5, 0.6) is 0 Å². The summed E-state index contributed by atoms with van der Waals surface area (Å²) in [7, 11) is 8.47. The number of unbranched alkanes of at least 4 members (excludes halogenated alkanes) is 1. The van der Waals surface area contributed by atoms with Crippen molar-refractivity contribution in [3.8, 4) is 0 Å². The molecule has 3 heterocycles. The Hall–Kier alpha value is -7.30. The van der Waals surface area contributed by atoms with Crippen molar-refractivity contribution < 1.29 is 72.1 Å². The molecule has 5 N–H and O–H groups in total. The highest BCUT2D eigenvalue weighted by molar-refractivity contribution is 6.00. The molecule has 1 aromatic rings. The molecule has 1 aromatic carbocycles. The maximum atomic E-state index is 15.4. The van der Waals surface area contributed by atoms with Gasteiger partial charge in [0.25, 0.3) is 0 Å². The van der Waals surface area contributed by atoms with Crippen LogP contribution in [-0.4, -0.2) is 302 Å². The first-order valence-electron chi connectivity index (χ1n) is 36.9. The van der Waals surface area contributed by atoms with Crippen LogP contribution in [0.25, 0.3) is 0 Å². The summed E-state index contributed by atoms with van der Waals surface area (Å²) in [5.41, 5.74) is 0.664. The van der Waals surface area contributed by atoms with E-state index in [0.717, 1.165) is 16.2 Å². The number of carbonyl (C=O) groups excluding carboxylic acids is 12. The van der Waals surface area contributed by atoms with Gasteiger partial charge in [-0.05, 0) is 93.4 Å². The van der Waals surface area contributed by atoms with Crippen molar-refractivity contribution in [1.82, 2.24) is 65.4 Å². The van der Waals surface area contributed by atoms with Crippen LogP contribution < -0.4 is 21.3 Å². The highest BCUT2D eigenvalue weighted by atomic mass is 16.5. The van der Waals surface area contributed by atoms with Crippen molar-refractivity contribution in [3.05, 3.63) is 35.9 Å². The third kappa shape index (κ3) is 26.4. The maximum absolute atomic E-state index is 15.4. The van der Waals surface area contributed by atoms with Gasteiger partial charge in [0.05, 0.1) is 52.0 Å². The van der Waals surface area contributed by atoms with Gasteiger partial charge in [-0.1, -0.05) is 113 Å². The van der Waals surface area contributed by atoms with Crippen LogP contribution in [0.4, 0.5) is 0 Å². The first-order valence-corrected chi connectivity index (χ1v) is 36.9. The molecule has 0 aromatic heterocycles. The maximum Gasteiger partial charge on any atom is 0.248 e. The third-order valence-corrected chi connectivity index (χ3v) is 19.4. The van der Waals surface area contributed by atoms with Gasteiger partial charge in [0.1, 0.15) is 54.4 Å². The zero-order valence-corrected chi connectivity index (χ0v) is 64.5. The molecular weight excluding hydrogens is 1310 g/mol. The average molecular weight is 1440 g/mol. The second kappa shape index (κ2) is 42.5. The van der Waals surface area contributed by atoms with Gasteiger partial charge in [0.15, 0.2) is 0 Å². The molecule has 3 fully saturated rings. The van der Waals surface area contributed by atoms with E-state index in [1.165, 1.54) is 73.7 Å². The van der Waals surface area contributed by atoms with Gasteiger partial charge >= 0.3 is 0 Å². The topological polar surface area (TPSA) is 321 Å². The van der Waals surface area contributed by atoms with Crippen molar-refractivity contribution in [2.24, 2.45) is 29.6 Å². The Bertz CT molecular complexity index is 2920. The highest BCUT2D eigenvalue weighted by Gasteiger charge is 2.44. The Morgan fingerprint density at radius 2 is 1.00 bits per heavy atom. The number of benzene rings is 1. The van der Waals surface area contributed by atoms with Crippen LogP contribution in [0.1, 0.15) is 153 Å². The smallest absolute Gasteiger partial charge is 0.248 e. The molecule has 12 amide bonds. The second-order valence-electron chi connectivity index (χ2n) is 30.2. The van der Waals surface area contributed by atoms with Crippen molar-refractivity contribution in [2.75, 3.05) is 121 Å². The fourth-order valence-electron chi connectivity index (χ4n) is 13.0. The van der Waals surface area contributed by atoms with Gasteiger partial charge in [-0.15, -0.1) is 0 Å². The number of hydrogen-bond donors (Lipinski definition) is 5. The number of aliphatic hydroxyl groups excluding tert-OH is 1. The molecule has 0 spiro atoms. The van der Waals surface area contributed by atoms with E-state index < -0.39 is 157 Å². The number of morpholine rings is 1. The summed E-state index contributed by atoms with van der Waals surface area (Å²) in [6.07, 6.45) is 1.33. The fourth-order valence-corrected chi connectivity index (χ4v) is 13.0. The van der Waals surface area contributed by atoms with Crippen LogP contribution in [0.15, 0.2) is 30.3 Å². The molecule has 28 heteroatoms. The van der Waals surface area contributed by atoms with E-state index in [1.54, 1.807) is 49.1 Å². The molecule has 0 saturated carbocycles. The Morgan fingerprint density at radius 3 is 1.51 bits per heavy atom. The van der Waals surface area contributed by atoms with Crippen LogP contribution in [0, 0.1) is 29.6 Å². The quantitative estimate of drug-likeness (QED) is 0.110. The van der Waals surface area contributed by atoms with Crippen LogP contribution in [-0.2, 0) is 73.4 Å². The predicted molar refractivity (Wildman–Crippen MR) is 387 cm³/mol. The predicted octanol–water partition coefficient (Wildman–Crippen LogP) is 2.38. The summed E-state index contributed by atoms with van der Waals surface area (Å²) in [5, 5.41) is 22.8. The van der Waals surface area contributed by atoms with Gasteiger partial charge in [-0.2, -0.15) is 0 Å². The molecule has 576 valence electrons. The average Bonchev–Trinajstić information content (AvgIpc) is 0.821. The normalized spacial score (nSPS) is 25.3. The van der Waals surface area contributed by atoms with Crippen LogP contribution in [0.3, 0.4) is 0 Å². The van der Waals surface area contributed by atoms with Gasteiger partial charge < -0.3 is 75.0 Å². The first-order chi connectivity index (χ1) is 48.0. The second-order valence-corrected chi connectivity index (χ2v) is 30.2. The van der Waals surface area contributed by atoms with E-state index in [2.05, 4.69) is 26.2 Å². The molecule has 3 aliphatic heterocycles. The fraction of sp³-hybridized carbons (Fsp3) is 0.757. The summed E-state index contributed by atoms with van der Waals surface area (Å²) in [5.74, 6) is -9.95. The van der Waals surface area contributed by atoms with Crippen molar-refractivity contribution in [1.29, 1.82) is 0 Å². The number of likely N-dealkylation sites (tertiary alicyclic amines) is 1. The van der Waals surface area contributed by atoms with Crippen molar-refractivity contribution in [2.45, 2.75) is 214 Å². The Kier molecular flexibility index (Phi) is 36.3. The number of ether oxygens (including phenoxy) is 2. The molecule has 28 nitrogen and oxygen atoms in total. The Labute approximate surface area is 606 Å². The van der Waals surface area contributed by atoms with E-state index in [9.17, 15) is 29.1 Å².